The number of hydrogen-bond acceptors (Lipinski definition) is 4. The van der Waals surface area contributed by atoms with Crippen LogP contribution in [0.25, 0.3) is 43.6 Å². The molecule has 0 bridgehead atoms. The molecule has 6 aromatic rings. The molecule has 0 saturated heterocycles. The van der Waals surface area contributed by atoms with Crippen molar-refractivity contribution in [3.8, 4) is 0 Å². The van der Waals surface area contributed by atoms with Crippen molar-refractivity contribution in [2.75, 3.05) is 0 Å². The van der Waals surface area contributed by atoms with Gasteiger partial charge in [0.2, 0.25) is 0 Å². The van der Waals surface area contributed by atoms with Crippen LogP contribution in [0, 0.1) is 13.8 Å². The van der Waals surface area contributed by atoms with E-state index in [1.807, 2.05) is 74.5 Å². The van der Waals surface area contributed by atoms with Crippen molar-refractivity contribution in [1.29, 1.82) is 0 Å². The Morgan fingerprint density at radius 3 is 1.45 bits per heavy atom. The van der Waals surface area contributed by atoms with Crippen molar-refractivity contribution >= 4 is 43.6 Å². The summed E-state index contributed by atoms with van der Waals surface area (Å²) >= 11 is 0. The van der Waals surface area contributed by atoms with Crippen LogP contribution in [0.15, 0.2) is 82.6 Å². The van der Waals surface area contributed by atoms with Gasteiger partial charge in [0.25, 0.3) is 0 Å². The van der Waals surface area contributed by atoms with Gasteiger partial charge in [0.15, 0.2) is 0 Å². The fourth-order valence-electron chi connectivity index (χ4n) is 3.73. The first kappa shape index (κ1) is 23.0. The van der Waals surface area contributed by atoms with Crippen molar-refractivity contribution in [2.24, 2.45) is 0 Å². The summed E-state index contributed by atoms with van der Waals surface area (Å²) in [7, 11) is 0. The monoisotopic (exact) mass is 507 g/mol. The molecule has 0 spiro atoms. The van der Waals surface area contributed by atoms with Gasteiger partial charge in [-0.1, -0.05) is 36.4 Å². The number of rotatable bonds is 0. The normalized spacial score (nSPS) is 10.7. The molecule has 6 rings (SSSR count). The molecule has 0 atom stereocenters. The molecule has 0 saturated carbocycles. The Morgan fingerprint density at radius 1 is 0.636 bits per heavy atom. The molecule has 6 nitrogen and oxygen atoms in total. The van der Waals surface area contributed by atoms with E-state index in [2.05, 4.69) is 19.9 Å². The molecule has 0 N–H and O–H groups in total. The summed E-state index contributed by atoms with van der Waals surface area (Å²) in [4.78, 5) is 39.9. The minimum absolute atomic E-state index is 0. The summed E-state index contributed by atoms with van der Waals surface area (Å²) < 4.78 is 0. The third-order valence-electron chi connectivity index (χ3n) is 5.41. The molecule has 7 heteroatoms. The van der Waals surface area contributed by atoms with Gasteiger partial charge in [-0.15, -0.1) is 0 Å². The second-order valence-corrected chi connectivity index (χ2v) is 7.65. The number of para-hydroxylation sites is 2. The second-order valence-electron chi connectivity index (χ2n) is 7.65. The number of fused-ring (bicyclic) bond motifs is 4. The van der Waals surface area contributed by atoms with Gasteiger partial charge in [-0.05, 0) is 49.2 Å². The molecule has 33 heavy (non-hydrogen) atoms. The molecular formula is C26H18N4O2Y-2. The van der Waals surface area contributed by atoms with E-state index in [0.717, 1.165) is 44.0 Å². The summed E-state index contributed by atoms with van der Waals surface area (Å²) in [5, 5.41) is 3.14. The van der Waals surface area contributed by atoms with E-state index in [1.165, 1.54) is 0 Å². The summed E-state index contributed by atoms with van der Waals surface area (Å²) in [5.74, 6) is 0. The van der Waals surface area contributed by atoms with Crippen LogP contribution in [-0.2, 0) is 32.7 Å². The Hall–Kier alpha value is -3.22. The van der Waals surface area contributed by atoms with Crippen LogP contribution in [0.3, 0.4) is 0 Å². The zero-order valence-electron chi connectivity index (χ0n) is 18.1. The quantitative estimate of drug-likeness (QED) is 0.289. The fourth-order valence-corrected chi connectivity index (χ4v) is 3.73. The number of aryl methyl sites for hydroxylation is 2. The van der Waals surface area contributed by atoms with Gasteiger partial charge < -0.3 is 19.6 Å². The second kappa shape index (κ2) is 9.34. The van der Waals surface area contributed by atoms with E-state index in [1.54, 1.807) is 12.4 Å². The first-order valence-electron chi connectivity index (χ1n) is 10.2. The van der Waals surface area contributed by atoms with Gasteiger partial charge in [0, 0.05) is 54.3 Å². The number of nitrogens with zero attached hydrogens (tertiary/aromatic N) is 4. The Balaban J connectivity index is 0.000000152. The zero-order chi connectivity index (χ0) is 22.2. The van der Waals surface area contributed by atoms with Crippen molar-refractivity contribution in [3.63, 3.8) is 0 Å². The molecular weight excluding hydrogens is 489 g/mol. The van der Waals surface area contributed by atoms with Crippen LogP contribution in [0.1, 0.15) is 11.1 Å². The van der Waals surface area contributed by atoms with Crippen LogP contribution in [0.4, 0.5) is 0 Å². The Bertz CT molecular complexity index is 1620. The molecule has 0 unspecified atom stereocenters. The average molecular weight is 507 g/mol. The van der Waals surface area contributed by atoms with Gasteiger partial charge in [0.1, 0.15) is 0 Å². The van der Waals surface area contributed by atoms with Crippen LogP contribution in [-0.4, -0.2) is 9.97 Å². The van der Waals surface area contributed by atoms with Crippen molar-refractivity contribution in [1.82, 2.24) is 19.9 Å². The van der Waals surface area contributed by atoms with Gasteiger partial charge in [-0.2, -0.15) is 12.4 Å². The van der Waals surface area contributed by atoms with E-state index in [9.17, 15) is 9.59 Å². The third kappa shape index (κ3) is 4.36. The van der Waals surface area contributed by atoms with Gasteiger partial charge in [0.05, 0.1) is 33.2 Å². The standard InChI is InChI=1S/2C13H10N2O.Y/c2*1-8-7-14-13(16)10-6-9-4-2-3-5-11(9)15-12(8)10;/h2*2-7H,1H3,(H,14,15,16);/p-2. The third-order valence-corrected chi connectivity index (χ3v) is 5.41. The molecule has 1 radical (unpaired) electrons. The smallest absolute Gasteiger partial charge is 0.0871 e. The van der Waals surface area contributed by atoms with Crippen LogP contribution in [0.2, 0.25) is 0 Å². The molecule has 0 fully saturated rings. The predicted octanol–water partition coefficient (Wildman–Crippen LogP) is 4.03. The van der Waals surface area contributed by atoms with Crippen LogP contribution in [0.5, 0.6) is 0 Å². The summed E-state index contributed by atoms with van der Waals surface area (Å²) in [5.41, 5.74) is 4.75. The van der Waals surface area contributed by atoms with E-state index < -0.39 is 0 Å². The van der Waals surface area contributed by atoms with E-state index >= 15 is 0 Å². The Kier molecular flexibility index (Phi) is 6.50. The number of pyridine rings is 4. The minimum atomic E-state index is -0.209. The van der Waals surface area contributed by atoms with Crippen molar-refractivity contribution in [3.05, 3.63) is 105 Å². The van der Waals surface area contributed by atoms with Gasteiger partial charge in [-0.25, -0.2) is 9.97 Å². The van der Waals surface area contributed by atoms with Crippen molar-refractivity contribution in [2.45, 2.75) is 13.8 Å². The molecule has 2 aromatic carbocycles. The molecule has 159 valence electrons. The molecule has 0 aliphatic rings. The molecule has 0 aliphatic carbocycles. The van der Waals surface area contributed by atoms with Crippen molar-refractivity contribution < 1.29 is 32.7 Å². The molecule has 0 amide bonds. The maximum Gasteiger partial charge on any atom is 0.0871 e. The predicted molar refractivity (Wildman–Crippen MR) is 127 cm³/mol. The minimum Gasteiger partial charge on any atom is -0.629 e. The SMILES string of the molecule is Cc1c[n-]c(=O)c2cc3ccccc3nc12.Cc1c[n-]c(=O)c2cc3ccccc3nc12.[Y]. The maximum atomic E-state index is 11.6. The first-order valence-corrected chi connectivity index (χ1v) is 10.2. The number of hydrogen-bond donors (Lipinski definition) is 0. The maximum absolute atomic E-state index is 11.6. The Labute approximate surface area is 214 Å². The van der Waals surface area contributed by atoms with E-state index in [0.29, 0.717) is 10.8 Å². The van der Waals surface area contributed by atoms with E-state index in [4.69, 9.17) is 0 Å². The Morgan fingerprint density at radius 2 is 1.03 bits per heavy atom. The first-order chi connectivity index (χ1) is 15.5. The summed E-state index contributed by atoms with van der Waals surface area (Å²) in [6.45, 7) is 3.83. The summed E-state index contributed by atoms with van der Waals surface area (Å²) in [6, 6.07) is 19.3. The average Bonchev–Trinajstić information content (AvgIpc) is 2.83. The summed E-state index contributed by atoms with van der Waals surface area (Å²) in [6.07, 6.45) is 3.15. The van der Waals surface area contributed by atoms with Crippen LogP contribution >= 0.6 is 0 Å². The number of benzene rings is 2. The van der Waals surface area contributed by atoms with Gasteiger partial charge in [-0.3, -0.25) is 0 Å². The zero-order valence-corrected chi connectivity index (χ0v) is 20.9. The largest absolute Gasteiger partial charge is 0.629 e. The van der Waals surface area contributed by atoms with Crippen LogP contribution < -0.4 is 21.1 Å². The molecule has 4 aromatic heterocycles. The topological polar surface area (TPSA) is 88.1 Å². The fraction of sp³-hybridized carbons (Fsp3) is 0.0769. The van der Waals surface area contributed by atoms with Gasteiger partial charge >= 0.3 is 0 Å². The molecule has 0 aliphatic heterocycles. The van der Waals surface area contributed by atoms with E-state index in [-0.39, 0.29) is 43.8 Å². The molecule has 4 heterocycles. The number of aromatic nitrogens is 4.